The number of benzene rings is 1. The van der Waals surface area contributed by atoms with Gasteiger partial charge in [0.1, 0.15) is 11.3 Å². The zero-order valence-corrected chi connectivity index (χ0v) is 6.40. The summed E-state index contributed by atoms with van der Waals surface area (Å²) >= 11 is 0. The zero-order valence-electron chi connectivity index (χ0n) is 6.40. The Kier molecular flexibility index (Phi) is 2.19. The maximum atomic E-state index is 10.8. The highest BCUT2D eigenvalue weighted by Gasteiger charge is 2.10. The second-order valence-corrected chi connectivity index (χ2v) is 2.17. The van der Waals surface area contributed by atoms with Crippen molar-refractivity contribution in [2.24, 2.45) is 0 Å². The molecule has 0 unspecified atom stereocenters. The van der Waals surface area contributed by atoms with Crippen molar-refractivity contribution in [3.05, 3.63) is 23.8 Å². The standard InChI is InChI=1S/C8H7O4/c1-12-7-4-5(9)2-3-6(7)8(10)11/h2-4H,1H3,(H,10,11). The molecule has 0 saturated carbocycles. The van der Waals surface area contributed by atoms with Crippen molar-refractivity contribution >= 4 is 5.97 Å². The van der Waals surface area contributed by atoms with Crippen molar-refractivity contribution < 1.29 is 19.7 Å². The van der Waals surface area contributed by atoms with Crippen LogP contribution in [-0.4, -0.2) is 18.2 Å². The third-order valence-electron chi connectivity index (χ3n) is 1.40. The van der Waals surface area contributed by atoms with Gasteiger partial charge in [-0.15, -0.1) is 0 Å². The van der Waals surface area contributed by atoms with E-state index >= 15 is 0 Å². The first-order valence-corrected chi connectivity index (χ1v) is 3.23. The van der Waals surface area contributed by atoms with Crippen LogP contribution in [0, 0.1) is 0 Å². The van der Waals surface area contributed by atoms with Crippen LogP contribution in [0.25, 0.3) is 0 Å². The van der Waals surface area contributed by atoms with E-state index in [9.17, 15) is 9.90 Å². The fourth-order valence-electron chi connectivity index (χ4n) is 0.848. The van der Waals surface area contributed by atoms with Gasteiger partial charge in [-0.25, -0.2) is 4.79 Å². The van der Waals surface area contributed by atoms with Gasteiger partial charge in [-0.05, 0) is 12.1 Å². The number of carboxylic acid groups (broad SMARTS) is 1. The summed E-state index contributed by atoms with van der Waals surface area (Å²) in [5, 5.41) is 19.4. The molecule has 1 rings (SSSR count). The van der Waals surface area contributed by atoms with E-state index in [-0.39, 0.29) is 17.1 Å². The Morgan fingerprint density at radius 1 is 1.50 bits per heavy atom. The van der Waals surface area contributed by atoms with Crippen molar-refractivity contribution in [1.82, 2.24) is 0 Å². The zero-order chi connectivity index (χ0) is 9.14. The molecule has 0 aliphatic carbocycles. The molecule has 12 heavy (non-hydrogen) atoms. The number of hydrogen-bond donors (Lipinski definition) is 1. The largest absolute Gasteiger partial charge is 0.496 e. The minimum Gasteiger partial charge on any atom is -0.496 e. The smallest absolute Gasteiger partial charge is 0.339 e. The van der Waals surface area contributed by atoms with Crippen LogP contribution in [0.3, 0.4) is 0 Å². The van der Waals surface area contributed by atoms with E-state index in [1.807, 2.05) is 0 Å². The summed E-state index contributed by atoms with van der Waals surface area (Å²) in [6.45, 7) is 0. The van der Waals surface area contributed by atoms with Crippen LogP contribution < -0.4 is 4.74 Å². The lowest BCUT2D eigenvalue weighted by atomic mass is 10.2. The maximum absolute atomic E-state index is 10.8. The number of methoxy groups -OCH3 is 1. The first-order chi connectivity index (χ1) is 5.65. The van der Waals surface area contributed by atoms with E-state index in [1.165, 1.54) is 19.2 Å². The number of rotatable bonds is 2. The third kappa shape index (κ3) is 1.47. The lowest BCUT2D eigenvalue weighted by Crippen LogP contribution is -1.99. The lowest BCUT2D eigenvalue weighted by Gasteiger charge is -2.02. The highest BCUT2D eigenvalue weighted by molar-refractivity contribution is 5.91. The van der Waals surface area contributed by atoms with Crippen molar-refractivity contribution in [3.8, 4) is 11.5 Å². The second kappa shape index (κ2) is 3.13. The average Bonchev–Trinajstić information content (AvgIpc) is 2.03. The van der Waals surface area contributed by atoms with Gasteiger partial charge in [0.15, 0.2) is 5.75 Å². The summed E-state index contributed by atoms with van der Waals surface area (Å²) < 4.78 is 4.71. The molecule has 4 nitrogen and oxygen atoms in total. The molecule has 0 aromatic heterocycles. The van der Waals surface area contributed by atoms with Gasteiger partial charge in [0, 0.05) is 6.07 Å². The van der Waals surface area contributed by atoms with E-state index < -0.39 is 5.97 Å². The Bertz CT molecular complexity index is 306. The summed E-state index contributed by atoms with van der Waals surface area (Å²) in [6, 6.07) is 3.55. The molecule has 4 heteroatoms. The Morgan fingerprint density at radius 3 is 2.67 bits per heavy atom. The maximum Gasteiger partial charge on any atom is 0.339 e. The summed E-state index contributed by atoms with van der Waals surface area (Å²) in [5.41, 5.74) is -0.00269. The van der Waals surface area contributed by atoms with E-state index in [0.717, 1.165) is 6.07 Å². The van der Waals surface area contributed by atoms with Crippen molar-refractivity contribution in [2.45, 2.75) is 0 Å². The first-order valence-electron chi connectivity index (χ1n) is 3.23. The Morgan fingerprint density at radius 2 is 2.17 bits per heavy atom. The minimum absolute atomic E-state index is 0.00269. The van der Waals surface area contributed by atoms with Gasteiger partial charge >= 0.3 is 5.97 Å². The predicted molar refractivity (Wildman–Crippen MR) is 40.1 cm³/mol. The summed E-state index contributed by atoms with van der Waals surface area (Å²) in [4.78, 5) is 10.5. The molecular weight excluding hydrogens is 160 g/mol. The minimum atomic E-state index is -1.10. The number of carbonyl (C=O) groups is 1. The van der Waals surface area contributed by atoms with Gasteiger partial charge in [0.25, 0.3) is 0 Å². The second-order valence-electron chi connectivity index (χ2n) is 2.17. The number of hydrogen-bond acceptors (Lipinski definition) is 2. The number of aromatic carboxylic acids is 1. The predicted octanol–water partition coefficient (Wildman–Crippen LogP) is 1.54. The monoisotopic (exact) mass is 167 g/mol. The van der Waals surface area contributed by atoms with E-state index in [1.54, 1.807) is 0 Å². The van der Waals surface area contributed by atoms with Crippen molar-refractivity contribution in [1.29, 1.82) is 0 Å². The van der Waals surface area contributed by atoms with Gasteiger partial charge in [-0.3, -0.25) is 5.11 Å². The molecule has 0 bridgehead atoms. The average molecular weight is 167 g/mol. The summed E-state index contributed by atoms with van der Waals surface area (Å²) in [7, 11) is 1.32. The summed E-state index contributed by atoms with van der Waals surface area (Å²) in [5.74, 6) is -1.28. The molecule has 0 spiro atoms. The SMILES string of the molecule is COc1cc([O])ccc1C(=O)O. The van der Waals surface area contributed by atoms with Gasteiger partial charge in [0.2, 0.25) is 0 Å². The molecule has 0 saturated heterocycles. The normalized spacial score (nSPS) is 9.42. The number of ether oxygens (including phenoxy) is 1. The van der Waals surface area contributed by atoms with Crippen LogP contribution in [0.4, 0.5) is 0 Å². The summed E-state index contributed by atoms with van der Waals surface area (Å²) in [6.07, 6.45) is 0. The van der Waals surface area contributed by atoms with E-state index in [0.29, 0.717) is 0 Å². The molecule has 1 aromatic carbocycles. The van der Waals surface area contributed by atoms with Crippen LogP contribution in [0.1, 0.15) is 10.4 Å². The molecule has 0 aliphatic rings. The van der Waals surface area contributed by atoms with Gasteiger partial charge in [-0.1, -0.05) is 0 Å². The van der Waals surface area contributed by atoms with Crippen molar-refractivity contribution in [3.63, 3.8) is 0 Å². The van der Waals surface area contributed by atoms with E-state index in [2.05, 4.69) is 0 Å². The van der Waals surface area contributed by atoms with Gasteiger partial charge < -0.3 is 9.84 Å². The molecule has 0 amide bonds. The van der Waals surface area contributed by atoms with E-state index in [4.69, 9.17) is 9.84 Å². The molecule has 1 N–H and O–H groups in total. The fourth-order valence-corrected chi connectivity index (χ4v) is 0.848. The quantitative estimate of drug-likeness (QED) is 0.726. The van der Waals surface area contributed by atoms with Crippen molar-refractivity contribution in [2.75, 3.05) is 7.11 Å². The molecule has 1 aromatic rings. The third-order valence-corrected chi connectivity index (χ3v) is 1.40. The Balaban J connectivity index is 3.20. The molecule has 0 aliphatic heterocycles. The molecule has 0 heterocycles. The highest BCUT2D eigenvalue weighted by Crippen LogP contribution is 2.23. The molecule has 0 atom stereocenters. The topological polar surface area (TPSA) is 66.4 Å². The Labute approximate surface area is 69.0 Å². The Hall–Kier alpha value is -1.71. The van der Waals surface area contributed by atoms with Gasteiger partial charge in [-0.2, -0.15) is 0 Å². The fraction of sp³-hybridized carbons (Fsp3) is 0.125. The lowest BCUT2D eigenvalue weighted by molar-refractivity contribution is 0.0693. The molecular formula is C8H7O4. The molecule has 0 fully saturated rings. The van der Waals surface area contributed by atoms with Crippen LogP contribution in [0.5, 0.6) is 11.5 Å². The van der Waals surface area contributed by atoms with Crippen LogP contribution in [-0.2, 0) is 5.11 Å². The van der Waals surface area contributed by atoms with Crippen LogP contribution in [0.15, 0.2) is 18.2 Å². The van der Waals surface area contributed by atoms with Crippen LogP contribution in [0.2, 0.25) is 0 Å². The number of carboxylic acids is 1. The van der Waals surface area contributed by atoms with Gasteiger partial charge in [0.05, 0.1) is 7.11 Å². The highest BCUT2D eigenvalue weighted by atomic mass is 16.5. The van der Waals surface area contributed by atoms with Crippen LogP contribution >= 0.6 is 0 Å². The molecule has 1 radical (unpaired) electrons. The molecule has 63 valence electrons. The first kappa shape index (κ1) is 8.39.